The van der Waals surface area contributed by atoms with E-state index in [1.54, 1.807) is 12.1 Å². The lowest BCUT2D eigenvalue weighted by molar-refractivity contribution is -0.137. The lowest BCUT2D eigenvalue weighted by Gasteiger charge is -2.30. The summed E-state index contributed by atoms with van der Waals surface area (Å²) in [5, 5.41) is 12.6. The van der Waals surface area contributed by atoms with Gasteiger partial charge in [0.1, 0.15) is 5.92 Å². The first-order valence-corrected chi connectivity index (χ1v) is 12.2. The summed E-state index contributed by atoms with van der Waals surface area (Å²) in [5.74, 6) is -1.60. The van der Waals surface area contributed by atoms with E-state index < -0.39 is 11.9 Å². The number of hydrogen-bond donors (Lipinski definition) is 2. The van der Waals surface area contributed by atoms with Crippen LogP contribution in [0.15, 0.2) is 71.7 Å². The van der Waals surface area contributed by atoms with Crippen molar-refractivity contribution in [3.63, 3.8) is 0 Å². The molecule has 2 N–H and O–H groups in total. The number of hydrogen-bond acceptors (Lipinski definition) is 4. The highest BCUT2D eigenvalue weighted by Crippen LogP contribution is 2.38. The Morgan fingerprint density at radius 3 is 2.57 bits per heavy atom. The maximum atomic E-state index is 13.1. The highest BCUT2D eigenvalue weighted by atomic mass is 35.5. The zero-order valence-corrected chi connectivity index (χ0v) is 20.0. The predicted octanol–water partition coefficient (Wildman–Crippen LogP) is 5.42. The van der Waals surface area contributed by atoms with Crippen molar-refractivity contribution in [3.8, 4) is 0 Å². The molecule has 0 spiro atoms. The molecule has 1 saturated heterocycles. The van der Waals surface area contributed by atoms with Gasteiger partial charge in [-0.05, 0) is 78.5 Å². The van der Waals surface area contributed by atoms with Gasteiger partial charge in [0, 0.05) is 23.7 Å². The minimum Gasteiger partial charge on any atom is -0.481 e. The third kappa shape index (κ3) is 5.29. The van der Waals surface area contributed by atoms with Crippen molar-refractivity contribution in [1.82, 2.24) is 4.90 Å². The van der Waals surface area contributed by atoms with Crippen LogP contribution in [0.5, 0.6) is 0 Å². The smallest absolute Gasteiger partial charge is 0.303 e. The SMILES string of the molecule is O=C(O)CCc1cccc(C(=Nc2ccc(CN3CCC3)cc2)C2C(=O)Nc3cc(Cl)ccc32)c1. The van der Waals surface area contributed by atoms with Gasteiger partial charge in [0.25, 0.3) is 0 Å². The predicted molar refractivity (Wildman–Crippen MR) is 138 cm³/mol. The van der Waals surface area contributed by atoms with Gasteiger partial charge in [0.05, 0.1) is 11.4 Å². The monoisotopic (exact) mass is 487 g/mol. The first-order chi connectivity index (χ1) is 17.0. The molecule has 35 heavy (non-hydrogen) atoms. The molecule has 5 rings (SSSR count). The Morgan fingerprint density at radius 2 is 1.86 bits per heavy atom. The number of carbonyl (C=O) groups excluding carboxylic acids is 1. The van der Waals surface area contributed by atoms with Gasteiger partial charge in [-0.15, -0.1) is 0 Å². The van der Waals surface area contributed by atoms with Gasteiger partial charge in [0.2, 0.25) is 5.91 Å². The van der Waals surface area contributed by atoms with Gasteiger partial charge in [0.15, 0.2) is 0 Å². The van der Waals surface area contributed by atoms with Crippen molar-refractivity contribution in [2.75, 3.05) is 18.4 Å². The van der Waals surface area contributed by atoms with Gasteiger partial charge in [-0.25, -0.2) is 0 Å². The van der Waals surface area contributed by atoms with Gasteiger partial charge < -0.3 is 10.4 Å². The molecule has 1 fully saturated rings. The molecule has 2 aliphatic rings. The van der Waals surface area contributed by atoms with E-state index in [0.29, 0.717) is 22.8 Å². The maximum absolute atomic E-state index is 13.1. The number of likely N-dealkylation sites (tertiary alicyclic amines) is 1. The van der Waals surface area contributed by atoms with Gasteiger partial charge in [-0.3, -0.25) is 19.5 Å². The number of nitrogens with zero attached hydrogens (tertiary/aromatic N) is 2. The summed E-state index contributed by atoms with van der Waals surface area (Å²) in [6, 6.07) is 21.2. The number of halogens is 1. The van der Waals surface area contributed by atoms with Crippen LogP contribution in [0.4, 0.5) is 11.4 Å². The van der Waals surface area contributed by atoms with Crippen LogP contribution in [0.3, 0.4) is 0 Å². The Balaban J connectivity index is 1.53. The maximum Gasteiger partial charge on any atom is 0.303 e. The van der Waals surface area contributed by atoms with Crippen molar-refractivity contribution in [2.24, 2.45) is 4.99 Å². The second-order valence-corrected chi connectivity index (χ2v) is 9.48. The number of benzene rings is 3. The lowest BCUT2D eigenvalue weighted by atomic mass is 9.89. The van der Waals surface area contributed by atoms with Crippen LogP contribution in [0.25, 0.3) is 0 Å². The Bertz CT molecular complexity index is 1300. The summed E-state index contributed by atoms with van der Waals surface area (Å²) in [7, 11) is 0. The highest BCUT2D eigenvalue weighted by molar-refractivity contribution is 6.31. The number of aliphatic imine (C=N–C) groups is 1. The highest BCUT2D eigenvalue weighted by Gasteiger charge is 2.35. The third-order valence-electron chi connectivity index (χ3n) is 6.51. The summed E-state index contributed by atoms with van der Waals surface area (Å²) in [6.07, 6.45) is 1.71. The van der Waals surface area contributed by atoms with E-state index in [0.717, 1.165) is 42.0 Å². The summed E-state index contributed by atoms with van der Waals surface area (Å²) < 4.78 is 0. The number of nitrogens with one attached hydrogen (secondary N) is 1. The second-order valence-electron chi connectivity index (χ2n) is 9.04. The molecule has 0 radical (unpaired) electrons. The zero-order chi connectivity index (χ0) is 24.4. The second kappa shape index (κ2) is 10.0. The molecule has 3 aromatic carbocycles. The number of carboxylic acid groups (broad SMARTS) is 1. The number of amides is 1. The van der Waals surface area contributed by atoms with E-state index >= 15 is 0 Å². The molecule has 6 nitrogen and oxygen atoms in total. The quantitative estimate of drug-likeness (QED) is 0.416. The fraction of sp³-hybridized carbons (Fsp3) is 0.250. The molecule has 1 atom stereocenters. The average molecular weight is 488 g/mol. The van der Waals surface area contributed by atoms with E-state index in [1.165, 1.54) is 12.0 Å². The molecule has 1 amide bonds. The molecule has 1 unspecified atom stereocenters. The normalized spacial score (nSPS) is 17.6. The molecule has 0 aliphatic carbocycles. The van der Waals surface area contributed by atoms with E-state index in [1.807, 2.05) is 42.5 Å². The van der Waals surface area contributed by atoms with E-state index in [2.05, 4.69) is 22.3 Å². The lowest BCUT2D eigenvalue weighted by Crippen LogP contribution is -2.36. The molecule has 178 valence electrons. The molecule has 2 aliphatic heterocycles. The first-order valence-electron chi connectivity index (χ1n) is 11.8. The topological polar surface area (TPSA) is 82.0 Å². The third-order valence-corrected chi connectivity index (χ3v) is 6.75. The minimum absolute atomic E-state index is 0.0413. The molecule has 7 heteroatoms. The van der Waals surface area contributed by atoms with E-state index in [9.17, 15) is 9.59 Å². The van der Waals surface area contributed by atoms with Crippen LogP contribution in [0.1, 0.15) is 41.0 Å². The van der Waals surface area contributed by atoms with Crippen LogP contribution in [0, 0.1) is 0 Å². The van der Waals surface area contributed by atoms with E-state index in [4.69, 9.17) is 21.7 Å². The number of rotatable bonds is 8. The molecular formula is C28H26ClN3O3. The number of aryl methyl sites for hydroxylation is 1. The largest absolute Gasteiger partial charge is 0.481 e. The van der Waals surface area contributed by atoms with Crippen LogP contribution in [-0.2, 0) is 22.6 Å². The molecular weight excluding hydrogens is 462 g/mol. The summed E-state index contributed by atoms with van der Waals surface area (Å²) in [4.78, 5) is 31.6. The first kappa shape index (κ1) is 23.3. The summed E-state index contributed by atoms with van der Waals surface area (Å²) >= 11 is 6.16. The Kier molecular flexibility index (Phi) is 6.66. The number of anilines is 1. The van der Waals surface area contributed by atoms with Crippen molar-refractivity contribution in [2.45, 2.75) is 31.7 Å². The van der Waals surface area contributed by atoms with Crippen LogP contribution < -0.4 is 5.32 Å². The minimum atomic E-state index is -0.844. The number of fused-ring (bicyclic) bond motifs is 1. The molecule has 0 bridgehead atoms. The fourth-order valence-electron chi connectivity index (χ4n) is 4.55. The van der Waals surface area contributed by atoms with Crippen molar-refractivity contribution >= 4 is 40.6 Å². The van der Waals surface area contributed by atoms with E-state index in [-0.39, 0.29) is 12.3 Å². The van der Waals surface area contributed by atoms with Gasteiger partial charge >= 0.3 is 5.97 Å². The summed E-state index contributed by atoms with van der Waals surface area (Å²) in [6.45, 7) is 3.21. The standard InChI is InChI=1S/C28H26ClN3O3/c29-21-8-11-23-24(16-21)31-28(35)26(23)27(20-4-1-3-18(15-20)7-12-25(33)34)30-22-9-5-19(6-10-22)17-32-13-2-14-32/h1,3-6,8-11,15-16,26H,2,7,12-14,17H2,(H,31,35)(H,33,34). The number of carbonyl (C=O) groups is 2. The molecule has 2 heterocycles. The fourth-order valence-corrected chi connectivity index (χ4v) is 4.72. The molecule has 3 aromatic rings. The number of aliphatic carboxylic acids is 1. The summed E-state index contributed by atoms with van der Waals surface area (Å²) in [5.41, 5.74) is 5.81. The van der Waals surface area contributed by atoms with Crippen LogP contribution in [0.2, 0.25) is 5.02 Å². The Morgan fingerprint density at radius 1 is 1.06 bits per heavy atom. The number of carboxylic acids is 1. The Labute approximate surface area is 209 Å². The van der Waals surface area contributed by atoms with Gasteiger partial charge in [-0.2, -0.15) is 0 Å². The average Bonchev–Trinajstić information content (AvgIpc) is 3.14. The van der Waals surface area contributed by atoms with Crippen molar-refractivity contribution in [1.29, 1.82) is 0 Å². The Hall–Kier alpha value is -3.48. The van der Waals surface area contributed by atoms with Crippen molar-refractivity contribution in [3.05, 3.63) is 94.0 Å². The van der Waals surface area contributed by atoms with Crippen molar-refractivity contribution < 1.29 is 14.7 Å². The van der Waals surface area contributed by atoms with Crippen LogP contribution in [-0.4, -0.2) is 40.7 Å². The molecule has 0 aromatic heterocycles. The zero-order valence-electron chi connectivity index (χ0n) is 19.2. The van der Waals surface area contributed by atoms with Crippen LogP contribution >= 0.6 is 11.6 Å². The van der Waals surface area contributed by atoms with Gasteiger partial charge in [-0.1, -0.05) is 48.0 Å². The molecule has 0 saturated carbocycles.